The summed E-state index contributed by atoms with van der Waals surface area (Å²) in [6, 6.07) is 5.59. The van der Waals surface area contributed by atoms with Crippen molar-refractivity contribution in [2.75, 3.05) is 19.5 Å². The van der Waals surface area contributed by atoms with Crippen molar-refractivity contribution in [2.45, 2.75) is 12.8 Å². The summed E-state index contributed by atoms with van der Waals surface area (Å²) in [4.78, 5) is 11.2. The second kappa shape index (κ2) is 4.43. The monoisotopic (exact) mass is 221 g/mol. The minimum absolute atomic E-state index is 0.182. The lowest BCUT2D eigenvalue weighted by molar-refractivity contribution is -0.142. The number of nitrogens with two attached hydrogens (primary N) is 1. The van der Waals surface area contributed by atoms with Crippen LogP contribution in [0.15, 0.2) is 18.2 Å². The molecule has 0 fully saturated rings. The fourth-order valence-electron chi connectivity index (χ4n) is 1.93. The van der Waals surface area contributed by atoms with Gasteiger partial charge in [-0.2, -0.15) is 0 Å². The highest BCUT2D eigenvalue weighted by Crippen LogP contribution is 2.30. The Morgan fingerprint density at radius 2 is 2.44 bits per heavy atom. The van der Waals surface area contributed by atoms with Gasteiger partial charge in [-0.3, -0.25) is 4.79 Å². The molecule has 2 rings (SSSR count). The van der Waals surface area contributed by atoms with Crippen LogP contribution in [0.5, 0.6) is 5.75 Å². The number of hydrogen-bond acceptors (Lipinski definition) is 4. The molecule has 4 nitrogen and oxygen atoms in total. The fourth-order valence-corrected chi connectivity index (χ4v) is 1.93. The lowest BCUT2D eigenvalue weighted by Crippen LogP contribution is -2.24. The van der Waals surface area contributed by atoms with Gasteiger partial charge in [0.2, 0.25) is 0 Å². The third-order valence-corrected chi connectivity index (χ3v) is 2.75. The number of ether oxygens (including phenoxy) is 2. The Balaban J connectivity index is 2.08. The van der Waals surface area contributed by atoms with Crippen molar-refractivity contribution < 1.29 is 14.3 Å². The van der Waals surface area contributed by atoms with Gasteiger partial charge in [0.05, 0.1) is 20.1 Å². The summed E-state index contributed by atoms with van der Waals surface area (Å²) in [5.41, 5.74) is 7.50. The van der Waals surface area contributed by atoms with Crippen molar-refractivity contribution in [1.29, 1.82) is 0 Å². The molecule has 0 saturated carbocycles. The van der Waals surface area contributed by atoms with Crippen LogP contribution in [0.25, 0.3) is 0 Å². The number of methoxy groups -OCH3 is 1. The summed E-state index contributed by atoms with van der Waals surface area (Å²) in [6.07, 6.45) is 1.21. The van der Waals surface area contributed by atoms with Crippen molar-refractivity contribution in [3.05, 3.63) is 23.8 Å². The Kier molecular flexibility index (Phi) is 2.99. The first-order chi connectivity index (χ1) is 7.69. The minimum atomic E-state index is -0.194. The quantitative estimate of drug-likeness (QED) is 0.605. The van der Waals surface area contributed by atoms with E-state index in [4.69, 9.17) is 10.5 Å². The smallest absolute Gasteiger partial charge is 0.305 e. The maximum absolute atomic E-state index is 11.2. The Morgan fingerprint density at radius 3 is 3.19 bits per heavy atom. The van der Waals surface area contributed by atoms with Gasteiger partial charge in [0.15, 0.2) is 0 Å². The average Bonchev–Trinajstić information content (AvgIpc) is 2.28. The number of benzene rings is 1. The summed E-state index contributed by atoms with van der Waals surface area (Å²) in [5.74, 6) is 0.859. The lowest BCUT2D eigenvalue weighted by Gasteiger charge is -2.24. The SMILES string of the molecule is COC(=O)C[C@H]1COc2ccc(N)cc2C1. The Labute approximate surface area is 94.3 Å². The number of hydrogen-bond donors (Lipinski definition) is 1. The highest BCUT2D eigenvalue weighted by molar-refractivity contribution is 5.69. The third-order valence-electron chi connectivity index (χ3n) is 2.75. The zero-order valence-electron chi connectivity index (χ0n) is 9.23. The van der Waals surface area contributed by atoms with Crippen molar-refractivity contribution in [3.8, 4) is 5.75 Å². The molecule has 1 atom stereocenters. The predicted octanol–water partition coefficient (Wildman–Crippen LogP) is 1.38. The third kappa shape index (κ3) is 2.27. The summed E-state index contributed by atoms with van der Waals surface area (Å²) >= 11 is 0. The number of carbonyl (C=O) groups is 1. The molecule has 0 aliphatic carbocycles. The number of rotatable bonds is 2. The topological polar surface area (TPSA) is 61.5 Å². The molecule has 16 heavy (non-hydrogen) atoms. The van der Waals surface area contributed by atoms with E-state index in [1.807, 2.05) is 18.2 Å². The van der Waals surface area contributed by atoms with E-state index < -0.39 is 0 Å². The molecule has 0 aromatic heterocycles. The summed E-state index contributed by atoms with van der Waals surface area (Å²) in [5, 5.41) is 0. The molecule has 86 valence electrons. The molecule has 1 aliphatic rings. The predicted molar refractivity (Wildman–Crippen MR) is 60.2 cm³/mol. The van der Waals surface area contributed by atoms with Gasteiger partial charge in [-0.1, -0.05) is 0 Å². The highest BCUT2D eigenvalue weighted by atomic mass is 16.5. The zero-order valence-corrected chi connectivity index (χ0v) is 9.23. The first-order valence-corrected chi connectivity index (χ1v) is 5.27. The summed E-state index contributed by atoms with van der Waals surface area (Å²) < 4.78 is 10.2. The van der Waals surface area contributed by atoms with Crippen LogP contribution in [0.4, 0.5) is 5.69 Å². The van der Waals surface area contributed by atoms with E-state index in [1.54, 1.807) is 0 Å². The maximum atomic E-state index is 11.2. The number of anilines is 1. The first kappa shape index (κ1) is 10.8. The van der Waals surface area contributed by atoms with Gasteiger partial charge in [-0.25, -0.2) is 0 Å². The molecule has 0 unspecified atom stereocenters. The van der Waals surface area contributed by atoms with E-state index in [0.717, 1.165) is 23.4 Å². The van der Waals surface area contributed by atoms with Crippen LogP contribution in [-0.4, -0.2) is 19.7 Å². The molecule has 1 aromatic carbocycles. The minimum Gasteiger partial charge on any atom is -0.493 e. The van der Waals surface area contributed by atoms with E-state index in [0.29, 0.717) is 13.0 Å². The van der Waals surface area contributed by atoms with Crippen LogP contribution in [0.1, 0.15) is 12.0 Å². The molecule has 1 aliphatic heterocycles. The Bertz CT molecular complexity index is 403. The number of nitrogen functional groups attached to an aromatic ring is 1. The van der Waals surface area contributed by atoms with E-state index in [1.165, 1.54) is 7.11 Å². The van der Waals surface area contributed by atoms with Crippen LogP contribution in [0, 0.1) is 5.92 Å². The zero-order chi connectivity index (χ0) is 11.5. The molecule has 0 radical (unpaired) electrons. The molecule has 2 N–H and O–H groups in total. The van der Waals surface area contributed by atoms with Gasteiger partial charge >= 0.3 is 5.97 Å². The van der Waals surface area contributed by atoms with Crippen LogP contribution in [0.2, 0.25) is 0 Å². The van der Waals surface area contributed by atoms with Crippen molar-refractivity contribution in [2.24, 2.45) is 5.92 Å². The summed E-state index contributed by atoms with van der Waals surface area (Å²) in [7, 11) is 1.40. The number of esters is 1. The second-order valence-corrected chi connectivity index (χ2v) is 4.03. The molecule has 1 heterocycles. The van der Waals surface area contributed by atoms with Crippen LogP contribution < -0.4 is 10.5 Å². The van der Waals surface area contributed by atoms with E-state index in [9.17, 15) is 4.79 Å². The fraction of sp³-hybridized carbons (Fsp3) is 0.417. The van der Waals surface area contributed by atoms with Crippen LogP contribution in [0.3, 0.4) is 0 Å². The number of fused-ring (bicyclic) bond motifs is 1. The van der Waals surface area contributed by atoms with Gasteiger partial charge in [-0.05, 0) is 30.2 Å². The maximum Gasteiger partial charge on any atom is 0.305 e. The van der Waals surface area contributed by atoms with E-state index >= 15 is 0 Å². The second-order valence-electron chi connectivity index (χ2n) is 4.03. The molecule has 0 spiro atoms. The molecular formula is C12H15NO3. The van der Waals surface area contributed by atoms with Crippen LogP contribution >= 0.6 is 0 Å². The first-order valence-electron chi connectivity index (χ1n) is 5.27. The lowest BCUT2D eigenvalue weighted by atomic mass is 9.94. The van der Waals surface area contributed by atoms with Gasteiger partial charge in [0, 0.05) is 11.6 Å². The average molecular weight is 221 g/mol. The Hall–Kier alpha value is -1.71. The van der Waals surface area contributed by atoms with Gasteiger partial charge in [0.1, 0.15) is 5.75 Å². The molecule has 0 bridgehead atoms. The normalized spacial score (nSPS) is 18.4. The molecule has 0 amide bonds. The highest BCUT2D eigenvalue weighted by Gasteiger charge is 2.22. The molecule has 4 heteroatoms. The molecular weight excluding hydrogens is 206 g/mol. The van der Waals surface area contributed by atoms with Crippen LogP contribution in [-0.2, 0) is 16.0 Å². The molecule has 1 aromatic rings. The van der Waals surface area contributed by atoms with E-state index in [2.05, 4.69) is 4.74 Å². The van der Waals surface area contributed by atoms with E-state index in [-0.39, 0.29) is 11.9 Å². The van der Waals surface area contributed by atoms with Gasteiger partial charge in [-0.15, -0.1) is 0 Å². The number of carbonyl (C=O) groups excluding carboxylic acids is 1. The largest absolute Gasteiger partial charge is 0.493 e. The van der Waals surface area contributed by atoms with Crippen molar-refractivity contribution >= 4 is 11.7 Å². The molecule has 0 saturated heterocycles. The Morgan fingerprint density at radius 1 is 1.62 bits per heavy atom. The van der Waals surface area contributed by atoms with Gasteiger partial charge in [0.25, 0.3) is 0 Å². The van der Waals surface area contributed by atoms with Crippen molar-refractivity contribution in [3.63, 3.8) is 0 Å². The van der Waals surface area contributed by atoms with Crippen molar-refractivity contribution in [1.82, 2.24) is 0 Å². The summed E-state index contributed by atoms with van der Waals surface area (Å²) in [6.45, 7) is 0.562. The standard InChI is InChI=1S/C12H15NO3/c1-15-12(14)5-8-4-9-6-10(13)2-3-11(9)16-7-8/h2-3,6,8H,4-5,7,13H2,1H3/t8-/m0/s1. The van der Waals surface area contributed by atoms with Gasteiger partial charge < -0.3 is 15.2 Å².